The first-order valence-corrected chi connectivity index (χ1v) is 8.35. The average molecular weight is 312 g/mol. The molecule has 116 valence electrons. The van der Waals surface area contributed by atoms with Crippen molar-refractivity contribution < 1.29 is 18.3 Å². The number of hydrogen-bond acceptors (Lipinski definition) is 4. The lowest BCUT2D eigenvalue weighted by atomic mass is 10.1. The van der Waals surface area contributed by atoms with Crippen LogP contribution in [0.1, 0.15) is 22.8 Å². The van der Waals surface area contributed by atoms with Gasteiger partial charge < -0.3 is 10.0 Å². The van der Waals surface area contributed by atoms with Gasteiger partial charge in [0.25, 0.3) is 0 Å². The third kappa shape index (κ3) is 3.25. The Balaban J connectivity index is 2.43. The van der Waals surface area contributed by atoms with Crippen LogP contribution in [0.5, 0.6) is 0 Å². The molecule has 6 nitrogen and oxygen atoms in total. The van der Waals surface area contributed by atoms with Gasteiger partial charge in [0.15, 0.2) is 0 Å². The number of aromatic carboxylic acids is 1. The number of carboxylic acid groups (broad SMARTS) is 1. The van der Waals surface area contributed by atoms with Gasteiger partial charge in [0.1, 0.15) is 0 Å². The van der Waals surface area contributed by atoms with E-state index in [-0.39, 0.29) is 10.5 Å². The third-order valence-electron chi connectivity index (χ3n) is 3.78. The molecule has 0 aliphatic carbocycles. The van der Waals surface area contributed by atoms with Gasteiger partial charge in [0.05, 0.1) is 10.5 Å². The van der Waals surface area contributed by atoms with Gasteiger partial charge in [-0.15, -0.1) is 0 Å². The number of benzene rings is 1. The number of sulfonamides is 1. The Morgan fingerprint density at radius 2 is 1.86 bits per heavy atom. The summed E-state index contributed by atoms with van der Waals surface area (Å²) in [5.41, 5.74) is 0.652. The maximum atomic E-state index is 12.8. The number of carbonyl (C=O) groups is 1. The number of nitrogens with zero attached hydrogens (tertiary/aromatic N) is 2. The van der Waals surface area contributed by atoms with Crippen molar-refractivity contribution in [2.24, 2.45) is 0 Å². The van der Waals surface area contributed by atoms with Crippen LogP contribution in [0.25, 0.3) is 0 Å². The highest BCUT2D eigenvalue weighted by Crippen LogP contribution is 2.23. The van der Waals surface area contributed by atoms with Crippen LogP contribution in [0, 0.1) is 0 Å². The molecule has 1 aliphatic rings. The van der Waals surface area contributed by atoms with Crippen molar-refractivity contribution in [1.82, 2.24) is 9.21 Å². The van der Waals surface area contributed by atoms with Gasteiger partial charge in [-0.1, -0.05) is 13.0 Å². The quantitative estimate of drug-likeness (QED) is 0.893. The summed E-state index contributed by atoms with van der Waals surface area (Å²) >= 11 is 0. The van der Waals surface area contributed by atoms with E-state index in [1.54, 1.807) is 6.07 Å². The fraction of sp³-hybridized carbons (Fsp3) is 0.500. The second-order valence-corrected chi connectivity index (χ2v) is 7.09. The largest absolute Gasteiger partial charge is 0.478 e. The SMILES string of the molecule is CCc1ccc(C(=O)O)cc1S(=O)(=O)N1CCN(C)CC1. The molecular formula is C14H20N2O4S. The Labute approximate surface area is 125 Å². The van der Waals surface area contributed by atoms with Gasteiger partial charge in [-0.05, 0) is 31.2 Å². The van der Waals surface area contributed by atoms with Gasteiger partial charge in [0.2, 0.25) is 10.0 Å². The summed E-state index contributed by atoms with van der Waals surface area (Å²) in [4.78, 5) is 13.3. The maximum Gasteiger partial charge on any atom is 0.335 e. The molecule has 7 heteroatoms. The van der Waals surface area contributed by atoms with E-state index >= 15 is 0 Å². The Bertz CT molecular complexity index is 634. The third-order valence-corrected chi connectivity index (χ3v) is 5.76. The van der Waals surface area contributed by atoms with Crippen LogP contribution in [-0.2, 0) is 16.4 Å². The standard InChI is InChI=1S/C14H20N2O4S/c1-3-11-4-5-12(14(17)18)10-13(11)21(19,20)16-8-6-15(2)7-9-16/h4-5,10H,3,6-9H2,1-2H3,(H,17,18). The van der Waals surface area contributed by atoms with Crippen molar-refractivity contribution in [3.63, 3.8) is 0 Å². The van der Waals surface area contributed by atoms with E-state index in [2.05, 4.69) is 4.90 Å². The summed E-state index contributed by atoms with van der Waals surface area (Å²) in [6, 6.07) is 4.31. The summed E-state index contributed by atoms with van der Waals surface area (Å²) in [6.07, 6.45) is 0.544. The molecule has 1 aliphatic heterocycles. The van der Waals surface area contributed by atoms with E-state index in [9.17, 15) is 13.2 Å². The zero-order chi connectivity index (χ0) is 15.6. The minimum atomic E-state index is -3.64. The van der Waals surface area contributed by atoms with E-state index in [0.29, 0.717) is 38.2 Å². The molecule has 1 N–H and O–H groups in total. The number of rotatable bonds is 4. The van der Waals surface area contributed by atoms with Crippen LogP contribution in [-0.4, -0.2) is 61.9 Å². The van der Waals surface area contributed by atoms with Crippen LogP contribution in [0.15, 0.2) is 23.1 Å². The minimum Gasteiger partial charge on any atom is -0.478 e. The maximum absolute atomic E-state index is 12.8. The lowest BCUT2D eigenvalue weighted by Crippen LogP contribution is -2.47. The zero-order valence-electron chi connectivity index (χ0n) is 12.2. The zero-order valence-corrected chi connectivity index (χ0v) is 13.1. The number of carboxylic acids is 1. The Morgan fingerprint density at radius 1 is 1.24 bits per heavy atom. The van der Waals surface area contributed by atoms with E-state index < -0.39 is 16.0 Å². The second-order valence-electron chi connectivity index (χ2n) is 5.19. The van der Waals surface area contributed by atoms with Crippen LogP contribution in [0.3, 0.4) is 0 Å². The molecule has 0 bridgehead atoms. The van der Waals surface area contributed by atoms with Gasteiger partial charge in [0, 0.05) is 26.2 Å². The van der Waals surface area contributed by atoms with Gasteiger partial charge in [-0.3, -0.25) is 0 Å². The van der Waals surface area contributed by atoms with Crippen molar-refractivity contribution >= 4 is 16.0 Å². The molecule has 1 aromatic rings. The summed E-state index contributed by atoms with van der Waals surface area (Å²) in [5, 5.41) is 9.07. The van der Waals surface area contributed by atoms with E-state index in [4.69, 9.17) is 5.11 Å². The van der Waals surface area contributed by atoms with E-state index in [1.807, 2.05) is 14.0 Å². The smallest absolute Gasteiger partial charge is 0.335 e. The van der Waals surface area contributed by atoms with Gasteiger partial charge in [-0.2, -0.15) is 4.31 Å². The van der Waals surface area contributed by atoms with Gasteiger partial charge >= 0.3 is 5.97 Å². The lowest BCUT2D eigenvalue weighted by Gasteiger charge is -2.32. The minimum absolute atomic E-state index is 0.0000903. The topological polar surface area (TPSA) is 77.9 Å². The molecule has 1 aromatic carbocycles. The highest BCUT2D eigenvalue weighted by molar-refractivity contribution is 7.89. The number of aryl methyl sites for hydroxylation is 1. The Morgan fingerprint density at radius 3 is 2.38 bits per heavy atom. The number of hydrogen-bond donors (Lipinski definition) is 1. The molecule has 0 atom stereocenters. The molecule has 0 saturated carbocycles. The fourth-order valence-corrected chi connectivity index (χ4v) is 4.13. The normalized spacial score (nSPS) is 17.8. The van der Waals surface area contributed by atoms with Crippen LogP contribution in [0.4, 0.5) is 0 Å². The van der Waals surface area contributed by atoms with Crippen LogP contribution >= 0.6 is 0 Å². The summed E-state index contributed by atoms with van der Waals surface area (Å²) in [5.74, 6) is -1.12. The first kappa shape index (κ1) is 15.9. The second kappa shape index (κ2) is 6.13. The fourth-order valence-electron chi connectivity index (χ4n) is 2.39. The van der Waals surface area contributed by atoms with Crippen molar-refractivity contribution in [2.45, 2.75) is 18.2 Å². The molecule has 0 aromatic heterocycles. The molecule has 0 radical (unpaired) electrons. The molecule has 1 fully saturated rings. The van der Waals surface area contributed by atoms with Crippen LogP contribution in [0.2, 0.25) is 0 Å². The number of piperazine rings is 1. The highest BCUT2D eigenvalue weighted by atomic mass is 32.2. The molecule has 21 heavy (non-hydrogen) atoms. The van der Waals surface area contributed by atoms with E-state index in [0.717, 1.165) is 0 Å². The molecular weight excluding hydrogens is 292 g/mol. The molecule has 0 spiro atoms. The summed E-state index contributed by atoms with van der Waals surface area (Å²) in [6.45, 7) is 4.08. The highest BCUT2D eigenvalue weighted by Gasteiger charge is 2.29. The lowest BCUT2D eigenvalue weighted by molar-refractivity contribution is 0.0696. The van der Waals surface area contributed by atoms with E-state index in [1.165, 1.54) is 16.4 Å². The molecule has 0 unspecified atom stereocenters. The monoisotopic (exact) mass is 312 g/mol. The Kier molecular flexibility index (Phi) is 4.65. The predicted molar refractivity (Wildman–Crippen MR) is 79.0 cm³/mol. The number of likely N-dealkylation sites (N-methyl/N-ethyl adjacent to an activating group) is 1. The van der Waals surface area contributed by atoms with Crippen molar-refractivity contribution in [1.29, 1.82) is 0 Å². The molecule has 1 saturated heterocycles. The van der Waals surface area contributed by atoms with Crippen molar-refractivity contribution in [2.75, 3.05) is 33.2 Å². The Hall–Kier alpha value is -1.44. The predicted octanol–water partition coefficient (Wildman–Crippen LogP) is 0.883. The summed E-state index contributed by atoms with van der Waals surface area (Å²) < 4.78 is 27.0. The van der Waals surface area contributed by atoms with Crippen molar-refractivity contribution in [3.8, 4) is 0 Å². The van der Waals surface area contributed by atoms with Crippen LogP contribution < -0.4 is 0 Å². The molecule has 1 heterocycles. The molecule has 2 rings (SSSR count). The summed E-state index contributed by atoms with van der Waals surface area (Å²) in [7, 11) is -1.69. The first-order chi connectivity index (χ1) is 9.86. The van der Waals surface area contributed by atoms with Gasteiger partial charge in [-0.25, -0.2) is 13.2 Å². The van der Waals surface area contributed by atoms with Crippen molar-refractivity contribution in [3.05, 3.63) is 29.3 Å². The average Bonchev–Trinajstić information content (AvgIpc) is 2.46. The molecule has 0 amide bonds. The first-order valence-electron chi connectivity index (χ1n) is 6.91.